The van der Waals surface area contributed by atoms with Gasteiger partial charge in [0.15, 0.2) is 0 Å². The van der Waals surface area contributed by atoms with E-state index in [1.807, 2.05) is 0 Å². The highest BCUT2D eigenvalue weighted by Crippen LogP contribution is 2.30. The minimum absolute atomic E-state index is 0.377. The summed E-state index contributed by atoms with van der Waals surface area (Å²) < 4.78 is 0. The SMILES string of the molecule is NCCSCC(=O)N(C1CCCCC1)C1CCCCC1. The van der Waals surface area contributed by atoms with Gasteiger partial charge in [-0.25, -0.2) is 0 Å². The second kappa shape index (κ2) is 8.93. The molecule has 2 saturated carbocycles. The van der Waals surface area contributed by atoms with Gasteiger partial charge in [-0.3, -0.25) is 4.79 Å². The van der Waals surface area contributed by atoms with Gasteiger partial charge in [0.05, 0.1) is 5.75 Å². The van der Waals surface area contributed by atoms with Crippen LogP contribution in [0.25, 0.3) is 0 Å². The second-order valence-corrected chi connectivity index (χ2v) is 7.33. The minimum Gasteiger partial charge on any atom is -0.336 e. The summed E-state index contributed by atoms with van der Waals surface area (Å²) in [6.45, 7) is 0.671. The summed E-state index contributed by atoms with van der Waals surface area (Å²) in [5, 5.41) is 0. The van der Waals surface area contributed by atoms with Crippen LogP contribution in [0.3, 0.4) is 0 Å². The first-order valence-electron chi connectivity index (χ1n) is 8.42. The van der Waals surface area contributed by atoms with Crippen LogP contribution in [0.1, 0.15) is 64.2 Å². The van der Waals surface area contributed by atoms with E-state index in [1.54, 1.807) is 11.8 Å². The predicted octanol–water partition coefficient (Wildman–Crippen LogP) is 3.17. The number of rotatable bonds is 6. The fourth-order valence-corrected chi connectivity index (χ4v) is 4.38. The molecule has 2 rings (SSSR count). The topological polar surface area (TPSA) is 46.3 Å². The Morgan fingerprint density at radius 1 is 0.950 bits per heavy atom. The van der Waals surface area contributed by atoms with Crippen LogP contribution in [0, 0.1) is 0 Å². The number of hydrogen-bond donors (Lipinski definition) is 1. The van der Waals surface area contributed by atoms with Crippen molar-refractivity contribution in [3.8, 4) is 0 Å². The fourth-order valence-electron chi connectivity index (χ4n) is 3.74. The Balaban J connectivity index is 1.95. The van der Waals surface area contributed by atoms with Gasteiger partial charge in [-0.15, -0.1) is 0 Å². The molecule has 2 aliphatic rings. The van der Waals surface area contributed by atoms with Crippen molar-refractivity contribution < 1.29 is 4.79 Å². The number of carbonyl (C=O) groups is 1. The third-order valence-corrected chi connectivity index (χ3v) is 5.69. The van der Waals surface area contributed by atoms with Gasteiger partial charge in [-0.05, 0) is 25.7 Å². The normalized spacial score (nSPS) is 21.9. The first-order chi connectivity index (χ1) is 9.83. The van der Waals surface area contributed by atoms with Crippen molar-refractivity contribution in [1.29, 1.82) is 0 Å². The van der Waals surface area contributed by atoms with Gasteiger partial charge in [0, 0.05) is 24.4 Å². The maximum atomic E-state index is 12.7. The Morgan fingerprint density at radius 3 is 1.90 bits per heavy atom. The average molecular weight is 298 g/mol. The molecule has 0 heterocycles. The Kier molecular flexibility index (Phi) is 7.22. The lowest BCUT2D eigenvalue weighted by atomic mass is 9.88. The summed E-state index contributed by atoms with van der Waals surface area (Å²) in [6.07, 6.45) is 12.8. The van der Waals surface area contributed by atoms with Gasteiger partial charge in [0.2, 0.25) is 5.91 Å². The van der Waals surface area contributed by atoms with Crippen LogP contribution in [0.2, 0.25) is 0 Å². The molecule has 0 aromatic rings. The number of carbonyl (C=O) groups excluding carboxylic acids is 1. The third kappa shape index (κ3) is 4.66. The van der Waals surface area contributed by atoms with Crippen molar-refractivity contribution >= 4 is 17.7 Å². The smallest absolute Gasteiger partial charge is 0.233 e. The minimum atomic E-state index is 0.377. The van der Waals surface area contributed by atoms with Crippen molar-refractivity contribution in [3.05, 3.63) is 0 Å². The Labute approximate surface area is 128 Å². The maximum Gasteiger partial charge on any atom is 0.233 e. The molecular weight excluding hydrogens is 268 g/mol. The number of thioether (sulfide) groups is 1. The number of amides is 1. The molecule has 0 bridgehead atoms. The van der Waals surface area contributed by atoms with Crippen LogP contribution in [0.5, 0.6) is 0 Å². The van der Waals surface area contributed by atoms with Crippen molar-refractivity contribution in [2.45, 2.75) is 76.3 Å². The van der Waals surface area contributed by atoms with Crippen LogP contribution in [-0.2, 0) is 4.79 Å². The van der Waals surface area contributed by atoms with E-state index in [4.69, 9.17) is 5.73 Å². The van der Waals surface area contributed by atoms with E-state index in [0.717, 1.165) is 5.75 Å². The van der Waals surface area contributed by atoms with Gasteiger partial charge in [-0.1, -0.05) is 38.5 Å². The summed E-state index contributed by atoms with van der Waals surface area (Å²) >= 11 is 1.70. The summed E-state index contributed by atoms with van der Waals surface area (Å²) in [6, 6.07) is 1.05. The lowest BCUT2D eigenvalue weighted by Gasteiger charge is -2.41. The summed E-state index contributed by atoms with van der Waals surface area (Å²) in [7, 11) is 0. The van der Waals surface area contributed by atoms with E-state index in [0.29, 0.717) is 30.3 Å². The molecule has 0 spiro atoms. The lowest BCUT2D eigenvalue weighted by molar-refractivity contribution is -0.135. The highest BCUT2D eigenvalue weighted by molar-refractivity contribution is 7.99. The van der Waals surface area contributed by atoms with E-state index in [9.17, 15) is 4.79 Å². The van der Waals surface area contributed by atoms with Gasteiger partial charge in [0.25, 0.3) is 0 Å². The molecule has 116 valence electrons. The van der Waals surface area contributed by atoms with Gasteiger partial charge < -0.3 is 10.6 Å². The standard InChI is InChI=1S/C16H30N2OS/c17-11-12-20-13-16(19)18(14-7-3-1-4-8-14)15-9-5-2-6-10-15/h14-15H,1-13,17H2. The third-order valence-electron chi connectivity index (χ3n) is 4.71. The van der Waals surface area contributed by atoms with E-state index in [1.165, 1.54) is 64.2 Å². The summed E-state index contributed by atoms with van der Waals surface area (Å²) in [5.41, 5.74) is 5.53. The van der Waals surface area contributed by atoms with Gasteiger partial charge >= 0.3 is 0 Å². The van der Waals surface area contributed by atoms with Crippen LogP contribution in [0.4, 0.5) is 0 Å². The quantitative estimate of drug-likeness (QED) is 0.766. The zero-order valence-electron chi connectivity index (χ0n) is 12.7. The maximum absolute atomic E-state index is 12.7. The monoisotopic (exact) mass is 298 g/mol. The van der Waals surface area contributed by atoms with Crippen LogP contribution >= 0.6 is 11.8 Å². The molecule has 1 amide bonds. The Morgan fingerprint density at radius 2 is 1.45 bits per heavy atom. The van der Waals surface area contributed by atoms with E-state index >= 15 is 0 Å². The Bertz CT molecular complexity index is 268. The zero-order chi connectivity index (χ0) is 14.2. The molecule has 0 unspecified atom stereocenters. The van der Waals surface area contributed by atoms with Crippen LogP contribution in [-0.4, -0.2) is 40.9 Å². The van der Waals surface area contributed by atoms with Crippen LogP contribution < -0.4 is 5.73 Å². The highest BCUT2D eigenvalue weighted by atomic mass is 32.2. The number of nitrogens with two attached hydrogens (primary N) is 1. The number of nitrogens with zero attached hydrogens (tertiary/aromatic N) is 1. The van der Waals surface area contributed by atoms with Crippen molar-refractivity contribution in [3.63, 3.8) is 0 Å². The van der Waals surface area contributed by atoms with Crippen molar-refractivity contribution in [2.75, 3.05) is 18.1 Å². The summed E-state index contributed by atoms with van der Waals surface area (Å²) in [5.74, 6) is 1.90. The first kappa shape index (κ1) is 16.2. The van der Waals surface area contributed by atoms with Gasteiger partial charge in [0.1, 0.15) is 0 Å². The molecule has 0 aromatic carbocycles. The molecule has 0 atom stereocenters. The molecule has 20 heavy (non-hydrogen) atoms. The molecule has 0 aromatic heterocycles. The number of hydrogen-bond acceptors (Lipinski definition) is 3. The van der Waals surface area contributed by atoms with Crippen molar-refractivity contribution in [2.24, 2.45) is 5.73 Å². The molecule has 4 heteroatoms. The predicted molar refractivity (Wildman–Crippen MR) is 87.0 cm³/mol. The Hall–Kier alpha value is -0.220. The second-order valence-electron chi connectivity index (χ2n) is 6.23. The van der Waals surface area contributed by atoms with Crippen molar-refractivity contribution in [1.82, 2.24) is 4.90 Å². The molecule has 2 aliphatic carbocycles. The van der Waals surface area contributed by atoms with Crippen LogP contribution in [0.15, 0.2) is 0 Å². The highest BCUT2D eigenvalue weighted by Gasteiger charge is 2.31. The summed E-state index contributed by atoms with van der Waals surface area (Å²) in [4.78, 5) is 15.0. The van der Waals surface area contributed by atoms with E-state index < -0.39 is 0 Å². The largest absolute Gasteiger partial charge is 0.336 e. The fraction of sp³-hybridized carbons (Fsp3) is 0.938. The van der Waals surface area contributed by atoms with E-state index in [2.05, 4.69) is 4.90 Å². The molecule has 3 nitrogen and oxygen atoms in total. The first-order valence-corrected chi connectivity index (χ1v) is 9.57. The van der Waals surface area contributed by atoms with Gasteiger partial charge in [-0.2, -0.15) is 11.8 Å². The molecule has 0 saturated heterocycles. The average Bonchev–Trinajstić information content (AvgIpc) is 2.50. The zero-order valence-corrected chi connectivity index (χ0v) is 13.5. The molecule has 0 radical (unpaired) electrons. The molecule has 2 N–H and O–H groups in total. The molecule has 2 fully saturated rings. The molecule has 0 aliphatic heterocycles. The molecular formula is C16H30N2OS. The lowest BCUT2D eigenvalue weighted by Crippen LogP contribution is -2.49. The van der Waals surface area contributed by atoms with E-state index in [-0.39, 0.29) is 0 Å².